The molecule has 1 unspecified atom stereocenters. The average molecular weight is 345 g/mol. The third kappa shape index (κ3) is 3.00. The number of aromatic hydroxyl groups is 2. The van der Waals surface area contributed by atoms with Gasteiger partial charge in [0.05, 0.1) is 5.56 Å². The summed E-state index contributed by atoms with van der Waals surface area (Å²) in [5, 5.41) is 22.2. The van der Waals surface area contributed by atoms with Gasteiger partial charge in [0.1, 0.15) is 5.82 Å². The van der Waals surface area contributed by atoms with Crippen LogP contribution in [0.4, 0.5) is 5.82 Å². The molecule has 1 aliphatic heterocycles. The maximum atomic E-state index is 12.5. The Labute approximate surface area is 141 Å². The van der Waals surface area contributed by atoms with Gasteiger partial charge in [-0.05, 0) is 17.7 Å². The van der Waals surface area contributed by atoms with Crippen molar-refractivity contribution in [1.29, 1.82) is 0 Å². The molecule has 0 bridgehead atoms. The average Bonchev–Trinajstić information content (AvgIpc) is 2.54. The lowest BCUT2D eigenvalue weighted by molar-refractivity contribution is -0.116. The zero-order chi connectivity index (χ0) is 17.3. The van der Waals surface area contributed by atoms with E-state index in [1.165, 1.54) is 23.9 Å². The number of H-pyrrole nitrogens is 1. The quantitative estimate of drug-likeness (QED) is 0.291. The third-order valence-electron chi connectivity index (χ3n) is 3.67. The SMILES string of the molecule is C=CCSc1nc2c(c(=O)[nH]1)C(c1ccc(O)c(O)c1)CC(=O)N2. The Morgan fingerprint density at radius 3 is 2.83 bits per heavy atom. The molecule has 0 saturated carbocycles. The van der Waals surface area contributed by atoms with Crippen LogP contribution in [0.1, 0.15) is 23.5 Å². The molecule has 0 spiro atoms. The molecule has 7 nitrogen and oxygen atoms in total. The molecule has 0 fully saturated rings. The number of nitrogens with one attached hydrogen (secondary N) is 2. The molecule has 1 aliphatic rings. The lowest BCUT2D eigenvalue weighted by atomic mass is 9.86. The van der Waals surface area contributed by atoms with Crippen molar-refractivity contribution in [2.45, 2.75) is 17.5 Å². The number of hydrogen-bond acceptors (Lipinski definition) is 6. The number of phenols is 2. The molecule has 1 aromatic heterocycles. The Hall–Kier alpha value is -2.74. The van der Waals surface area contributed by atoms with Gasteiger partial charge in [0.2, 0.25) is 5.91 Å². The van der Waals surface area contributed by atoms with Crippen LogP contribution in [0, 0.1) is 0 Å². The van der Waals surface area contributed by atoms with Crippen LogP contribution < -0.4 is 10.9 Å². The second kappa shape index (κ2) is 6.40. The minimum Gasteiger partial charge on any atom is -0.504 e. The van der Waals surface area contributed by atoms with E-state index in [9.17, 15) is 19.8 Å². The number of benzene rings is 1. The van der Waals surface area contributed by atoms with E-state index in [-0.39, 0.29) is 35.2 Å². The molecular formula is C16H15N3O4S. The van der Waals surface area contributed by atoms with Crippen molar-refractivity contribution in [2.24, 2.45) is 0 Å². The molecule has 0 radical (unpaired) electrons. The lowest BCUT2D eigenvalue weighted by Crippen LogP contribution is -2.31. The Kier molecular flexibility index (Phi) is 4.30. The fraction of sp³-hybridized carbons (Fsp3) is 0.188. The van der Waals surface area contributed by atoms with Crippen LogP contribution in [0.15, 0.2) is 40.8 Å². The van der Waals surface area contributed by atoms with Gasteiger partial charge in [-0.25, -0.2) is 4.98 Å². The highest BCUT2D eigenvalue weighted by Gasteiger charge is 2.31. The smallest absolute Gasteiger partial charge is 0.257 e. The van der Waals surface area contributed by atoms with Gasteiger partial charge in [0.15, 0.2) is 16.7 Å². The molecule has 2 heterocycles. The Bertz CT molecular complexity index is 878. The van der Waals surface area contributed by atoms with E-state index >= 15 is 0 Å². The van der Waals surface area contributed by atoms with E-state index in [1.54, 1.807) is 12.1 Å². The summed E-state index contributed by atoms with van der Waals surface area (Å²) in [7, 11) is 0. The topological polar surface area (TPSA) is 115 Å². The summed E-state index contributed by atoms with van der Waals surface area (Å²) in [4.78, 5) is 31.5. The molecule has 1 aromatic carbocycles. The molecule has 0 aliphatic carbocycles. The van der Waals surface area contributed by atoms with Crippen LogP contribution in [0.2, 0.25) is 0 Å². The maximum absolute atomic E-state index is 12.5. The van der Waals surface area contributed by atoms with Gasteiger partial charge in [-0.1, -0.05) is 23.9 Å². The summed E-state index contributed by atoms with van der Waals surface area (Å²) in [6.45, 7) is 3.61. The second-order valence-corrected chi connectivity index (χ2v) is 6.29. The normalized spacial score (nSPS) is 16.3. The standard InChI is InChI=1S/C16H15N3O4S/c1-2-5-24-16-18-14-13(15(23)19-16)9(7-12(22)17-14)8-3-4-10(20)11(21)6-8/h2-4,6,9,20-21H,1,5,7H2,(H2,17,18,19,22,23). The van der Waals surface area contributed by atoms with Gasteiger partial charge in [0.25, 0.3) is 5.56 Å². The number of carbonyl (C=O) groups is 1. The number of carbonyl (C=O) groups excluding carboxylic acids is 1. The fourth-order valence-corrected chi connectivity index (χ4v) is 3.20. The van der Waals surface area contributed by atoms with Crippen molar-refractivity contribution in [3.05, 3.63) is 52.3 Å². The van der Waals surface area contributed by atoms with Crippen LogP contribution in [0.25, 0.3) is 0 Å². The van der Waals surface area contributed by atoms with Crippen LogP contribution in [0.5, 0.6) is 11.5 Å². The number of thioether (sulfide) groups is 1. The molecule has 0 saturated heterocycles. The van der Waals surface area contributed by atoms with Gasteiger partial charge < -0.3 is 20.5 Å². The first kappa shape index (κ1) is 16.1. The molecule has 1 atom stereocenters. The molecule has 3 rings (SSSR count). The number of phenolic OH excluding ortho intramolecular Hbond substituents is 2. The first-order chi connectivity index (χ1) is 11.5. The van der Waals surface area contributed by atoms with Gasteiger partial charge in [0, 0.05) is 18.1 Å². The zero-order valence-corrected chi connectivity index (χ0v) is 13.4. The first-order valence-electron chi connectivity index (χ1n) is 7.19. The van der Waals surface area contributed by atoms with E-state index < -0.39 is 5.92 Å². The molecule has 4 N–H and O–H groups in total. The number of anilines is 1. The molecule has 1 amide bonds. The Balaban J connectivity index is 2.09. The fourth-order valence-electron chi connectivity index (χ4n) is 2.60. The van der Waals surface area contributed by atoms with Crippen LogP contribution in [0.3, 0.4) is 0 Å². The van der Waals surface area contributed by atoms with Crippen LogP contribution >= 0.6 is 11.8 Å². The number of rotatable bonds is 4. The Morgan fingerprint density at radius 2 is 2.12 bits per heavy atom. The summed E-state index contributed by atoms with van der Waals surface area (Å²) in [5.74, 6) is -0.581. The van der Waals surface area contributed by atoms with E-state index in [1.807, 2.05) is 0 Å². The van der Waals surface area contributed by atoms with Crippen LogP contribution in [-0.4, -0.2) is 31.8 Å². The zero-order valence-electron chi connectivity index (χ0n) is 12.6. The number of aromatic amines is 1. The largest absolute Gasteiger partial charge is 0.504 e. The van der Waals surface area contributed by atoms with Gasteiger partial charge in [-0.2, -0.15) is 0 Å². The highest BCUT2D eigenvalue weighted by atomic mass is 32.2. The number of nitrogens with zero attached hydrogens (tertiary/aromatic N) is 1. The van der Waals surface area contributed by atoms with Gasteiger partial charge >= 0.3 is 0 Å². The molecule has 8 heteroatoms. The van der Waals surface area contributed by atoms with Gasteiger partial charge in [-0.15, -0.1) is 6.58 Å². The van der Waals surface area contributed by atoms with Crippen molar-refractivity contribution >= 4 is 23.5 Å². The van der Waals surface area contributed by atoms with E-state index in [2.05, 4.69) is 21.9 Å². The summed E-state index contributed by atoms with van der Waals surface area (Å²) in [5.41, 5.74) is 0.548. The lowest BCUT2D eigenvalue weighted by Gasteiger charge is -2.24. The predicted octanol–water partition coefficient (Wildman–Crippen LogP) is 1.93. The van der Waals surface area contributed by atoms with Gasteiger partial charge in [-0.3, -0.25) is 9.59 Å². The van der Waals surface area contributed by atoms with Crippen molar-refractivity contribution in [3.63, 3.8) is 0 Å². The minimum absolute atomic E-state index is 0.0567. The highest BCUT2D eigenvalue weighted by Crippen LogP contribution is 2.37. The van der Waals surface area contributed by atoms with Crippen molar-refractivity contribution in [2.75, 3.05) is 11.1 Å². The van der Waals surface area contributed by atoms with E-state index in [0.717, 1.165) is 0 Å². The molecular weight excluding hydrogens is 330 g/mol. The third-order valence-corrected chi connectivity index (χ3v) is 4.54. The molecule has 2 aromatic rings. The monoisotopic (exact) mass is 345 g/mol. The van der Waals surface area contributed by atoms with Crippen molar-refractivity contribution in [1.82, 2.24) is 9.97 Å². The summed E-state index contributed by atoms with van der Waals surface area (Å²) < 4.78 is 0. The number of hydrogen-bond donors (Lipinski definition) is 4. The number of amides is 1. The minimum atomic E-state index is -0.546. The number of fused-ring (bicyclic) bond motifs is 1. The second-order valence-electron chi connectivity index (χ2n) is 5.29. The molecule has 24 heavy (non-hydrogen) atoms. The van der Waals surface area contributed by atoms with Crippen molar-refractivity contribution < 1.29 is 15.0 Å². The highest BCUT2D eigenvalue weighted by molar-refractivity contribution is 7.99. The number of aromatic nitrogens is 2. The van der Waals surface area contributed by atoms with Crippen LogP contribution in [-0.2, 0) is 4.79 Å². The first-order valence-corrected chi connectivity index (χ1v) is 8.17. The van der Waals surface area contributed by atoms with Crippen molar-refractivity contribution in [3.8, 4) is 11.5 Å². The summed E-state index contributed by atoms with van der Waals surface area (Å²) in [6.07, 6.45) is 1.74. The summed E-state index contributed by atoms with van der Waals surface area (Å²) >= 11 is 1.30. The van der Waals surface area contributed by atoms with E-state index in [4.69, 9.17) is 0 Å². The maximum Gasteiger partial charge on any atom is 0.257 e. The predicted molar refractivity (Wildman–Crippen MR) is 90.6 cm³/mol. The summed E-state index contributed by atoms with van der Waals surface area (Å²) in [6, 6.07) is 4.25. The Morgan fingerprint density at radius 1 is 1.33 bits per heavy atom. The van der Waals surface area contributed by atoms with E-state index in [0.29, 0.717) is 22.0 Å². The molecule has 124 valence electrons.